The van der Waals surface area contributed by atoms with Crippen molar-refractivity contribution in [2.45, 2.75) is 0 Å². The molecule has 0 saturated heterocycles. The van der Waals surface area contributed by atoms with Gasteiger partial charge in [0, 0.05) is 28.0 Å². The number of nitrogens with zero attached hydrogens (tertiary/aromatic N) is 1. The van der Waals surface area contributed by atoms with Crippen LogP contribution in [0.4, 0.5) is 5.69 Å². The highest BCUT2D eigenvalue weighted by molar-refractivity contribution is 6.08. The molecule has 4 rings (SSSR count). The van der Waals surface area contributed by atoms with Crippen molar-refractivity contribution < 1.29 is 9.84 Å². The summed E-state index contributed by atoms with van der Waals surface area (Å²) in [7, 11) is 1.53. The number of phenolic OH excluding ortho intramolecular Hbond substituents is 1. The number of nitrogens with one attached hydrogen (secondary N) is 1. The lowest BCUT2D eigenvalue weighted by atomic mass is 10.1. The number of hydrogen-bond donors (Lipinski definition) is 2. The van der Waals surface area contributed by atoms with Gasteiger partial charge in [-0.2, -0.15) is 0 Å². The topological polar surface area (TPSA) is 57.6 Å². The summed E-state index contributed by atoms with van der Waals surface area (Å²) in [6, 6.07) is 19.5. The fourth-order valence-corrected chi connectivity index (χ4v) is 2.84. The van der Waals surface area contributed by atoms with Crippen LogP contribution in [0.1, 0.15) is 5.56 Å². The van der Waals surface area contributed by atoms with Crippen LogP contribution in [0.5, 0.6) is 11.5 Å². The molecule has 1 heterocycles. The molecule has 4 nitrogen and oxygen atoms in total. The molecule has 0 unspecified atom stereocenters. The van der Waals surface area contributed by atoms with Gasteiger partial charge in [-0.25, -0.2) is 0 Å². The minimum Gasteiger partial charge on any atom is -0.504 e. The van der Waals surface area contributed by atoms with Gasteiger partial charge in [0.05, 0.1) is 12.8 Å². The molecule has 0 aliphatic heterocycles. The summed E-state index contributed by atoms with van der Waals surface area (Å²) in [6.45, 7) is 0. The van der Waals surface area contributed by atoms with E-state index in [1.807, 2.05) is 24.3 Å². The number of para-hydroxylation sites is 1. The minimum absolute atomic E-state index is 0.120. The second kappa shape index (κ2) is 5.74. The number of H-pyrrole nitrogens is 1. The lowest BCUT2D eigenvalue weighted by Gasteiger charge is -2.03. The molecule has 0 amide bonds. The van der Waals surface area contributed by atoms with E-state index < -0.39 is 0 Å². The van der Waals surface area contributed by atoms with Gasteiger partial charge in [-0.15, -0.1) is 0 Å². The van der Waals surface area contributed by atoms with E-state index in [9.17, 15) is 5.11 Å². The molecule has 1 aromatic heterocycles. The van der Waals surface area contributed by atoms with Crippen molar-refractivity contribution in [1.29, 1.82) is 0 Å². The summed E-state index contributed by atoms with van der Waals surface area (Å²) in [4.78, 5) is 7.95. The number of aromatic hydroxyl groups is 1. The molecule has 24 heavy (non-hydrogen) atoms. The fraction of sp³-hybridized carbons (Fsp3) is 0.0500. The lowest BCUT2D eigenvalue weighted by molar-refractivity contribution is 0.373. The van der Waals surface area contributed by atoms with E-state index in [1.165, 1.54) is 12.5 Å². The van der Waals surface area contributed by atoms with Gasteiger partial charge in [-0.1, -0.05) is 18.2 Å². The number of phenols is 1. The molecule has 0 fully saturated rings. The average molecular weight is 316 g/mol. The maximum absolute atomic E-state index is 9.64. The van der Waals surface area contributed by atoms with Crippen LogP contribution in [0.15, 0.2) is 65.7 Å². The predicted molar refractivity (Wildman–Crippen MR) is 97.7 cm³/mol. The van der Waals surface area contributed by atoms with E-state index in [0.717, 1.165) is 27.7 Å². The first-order chi connectivity index (χ1) is 11.7. The Morgan fingerprint density at radius 1 is 0.958 bits per heavy atom. The number of methoxy groups -OCH3 is 1. The van der Waals surface area contributed by atoms with E-state index in [4.69, 9.17) is 4.74 Å². The molecule has 0 bridgehead atoms. The molecule has 118 valence electrons. The number of hydrogen-bond acceptors (Lipinski definition) is 3. The molecule has 4 heteroatoms. The van der Waals surface area contributed by atoms with Gasteiger partial charge in [0.2, 0.25) is 0 Å². The maximum atomic E-state index is 9.64. The molecule has 0 radical (unpaired) electrons. The van der Waals surface area contributed by atoms with Crippen molar-refractivity contribution in [3.8, 4) is 11.5 Å². The van der Waals surface area contributed by atoms with Crippen molar-refractivity contribution in [3.05, 3.63) is 66.2 Å². The third kappa shape index (κ3) is 2.48. The van der Waals surface area contributed by atoms with Gasteiger partial charge in [-0.05, 0) is 48.0 Å². The van der Waals surface area contributed by atoms with E-state index in [1.54, 1.807) is 24.4 Å². The number of aromatic nitrogens is 1. The van der Waals surface area contributed by atoms with E-state index in [2.05, 4.69) is 28.2 Å². The highest BCUT2D eigenvalue weighted by atomic mass is 16.5. The predicted octanol–water partition coefficient (Wildman–Crippen LogP) is 4.79. The second-order valence-corrected chi connectivity index (χ2v) is 5.59. The SMILES string of the molecule is COc1cc(/C=N/c2ccc3[nH]c4ccccc4c3c2)ccc1O. The summed E-state index contributed by atoms with van der Waals surface area (Å²) < 4.78 is 5.12. The number of fused-ring (bicyclic) bond motifs is 3. The van der Waals surface area contributed by atoms with Crippen LogP contribution >= 0.6 is 0 Å². The zero-order chi connectivity index (χ0) is 16.5. The number of aromatic amines is 1. The zero-order valence-corrected chi connectivity index (χ0v) is 13.2. The standard InChI is InChI=1S/C20H16N2O2/c1-24-20-10-13(6-9-19(20)23)12-21-14-7-8-18-16(11-14)15-4-2-3-5-17(15)22-18/h2-12,22-23H,1H3/b21-12+. The van der Waals surface area contributed by atoms with Gasteiger partial charge in [0.25, 0.3) is 0 Å². The largest absolute Gasteiger partial charge is 0.504 e. The Kier molecular flexibility index (Phi) is 3.43. The number of aliphatic imine (C=N–C) groups is 1. The van der Waals surface area contributed by atoms with Crippen LogP contribution in [0.25, 0.3) is 21.8 Å². The number of benzene rings is 3. The first-order valence-corrected chi connectivity index (χ1v) is 7.66. The molecular weight excluding hydrogens is 300 g/mol. The Hall–Kier alpha value is -3.27. The van der Waals surface area contributed by atoms with Gasteiger partial charge >= 0.3 is 0 Å². The molecule has 0 saturated carbocycles. The van der Waals surface area contributed by atoms with Crippen LogP contribution in [0.2, 0.25) is 0 Å². The smallest absolute Gasteiger partial charge is 0.161 e. The monoisotopic (exact) mass is 316 g/mol. The van der Waals surface area contributed by atoms with Crippen LogP contribution in [-0.2, 0) is 0 Å². The van der Waals surface area contributed by atoms with Crippen molar-refractivity contribution >= 4 is 33.7 Å². The zero-order valence-electron chi connectivity index (χ0n) is 13.2. The highest BCUT2D eigenvalue weighted by Crippen LogP contribution is 2.29. The van der Waals surface area contributed by atoms with Gasteiger partial charge < -0.3 is 14.8 Å². The molecule has 3 aromatic carbocycles. The fourth-order valence-electron chi connectivity index (χ4n) is 2.84. The molecule has 0 aliphatic carbocycles. The normalized spacial score (nSPS) is 11.5. The Morgan fingerprint density at radius 3 is 2.67 bits per heavy atom. The van der Waals surface area contributed by atoms with Crippen LogP contribution in [-0.4, -0.2) is 23.4 Å². The molecular formula is C20H16N2O2. The quantitative estimate of drug-likeness (QED) is 0.534. The first-order valence-electron chi connectivity index (χ1n) is 7.66. The maximum Gasteiger partial charge on any atom is 0.161 e. The molecule has 2 N–H and O–H groups in total. The van der Waals surface area contributed by atoms with Crippen LogP contribution < -0.4 is 4.74 Å². The average Bonchev–Trinajstić information content (AvgIpc) is 2.99. The molecule has 0 aliphatic rings. The third-order valence-electron chi connectivity index (χ3n) is 4.06. The summed E-state index contributed by atoms with van der Waals surface area (Å²) >= 11 is 0. The Balaban J connectivity index is 1.72. The Labute approximate surface area is 139 Å². The van der Waals surface area contributed by atoms with Crippen molar-refractivity contribution in [1.82, 2.24) is 4.98 Å². The molecule has 0 spiro atoms. The summed E-state index contributed by atoms with van der Waals surface area (Å²) in [5.41, 5.74) is 3.96. The number of ether oxygens (including phenoxy) is 1. The van der Waals surface area contributed by atoms with Crippen LogP contribution in [0.3, 0.4) is 0 Å². The van der Waals surface area contributed by atoms with Gasteiger partial charge in [0.15, 0.2) is 11.5 Å². The van der Waals surface area contributed by atoms with E-state index in [-0.39, 0.29) is 5.75 Å². The van der Waals surface area contributed by atoms with Crippen molar-refractivity contribution in [2.24, 2.45) is 4.99 Å². The first kappa shape index (κ1) is 14.3. The Morgan fingerprint density at radius 2 is 1.79 bits per heavy atom. The summed E-state index contributed by atoms with van der Waals surface area (Å²) in [5, 5.41) is 12.0. The van der Waals surface area contributed by atoms with Gasteiger partial charge in [-0.3, -0.25) is 4.99 Å². The minimum atomic E-state index is 0.120. The van der Waals surface area contributed by atoms with E-state index in [0.29, 0.717) is 5.75 Å². The highest BCUT2D eigenvalue weighted by Gasteiger charge is 2.04. The second-order valence-electron chi connectivity index (χ2n) is 5.59. The number of rotatable bonds is 3. The van der Waals surface area contributed by atoms with Crippen LogP contribution in [0, 0.1) is 0 Å². The summed E-state index contributed by atoms with van der Waals surface area (Å²) in [5.74, 6) is 0.556. The Bertz CT molecular complexity index is 1060. The van der Waals surface area contributed by atoms with Crippen molar-refractivity contribution in [3.63, 3.8) is 0 Å². The van der Waals surface area contributed by atoms with Crippen molar-refractivity contribution in [2.75, 3.05) is 7.11 Å². The van der Waals surface area contributed by atoms with E-state index >= 15 is 0 Å². The molecule has 0 atom stereocenters. The third-order valence-corrected chi connectivity index (χ3v) is 4.06. The van der Waals surface area contributed by atoms with Gasteiger partial charge in [0.1, 0.15) is 0 Å². The molecule has 4 aromatic rings. The lowest BCUT2D eigenvalue weighted by Crippen LogP contribution is -1.86. The summed E-state index contributed by atoms with van der Waals surface area (Å²) in [6.07, 6.45) is 1.76.